The number of hydrogen-bond donors (Lipinski definition) is 0. The largest absolute Gasteiger partial charge is 0.310 e. The van der Waals surface area contributed by atoms with Gasteiger partial charge in [0.25, 0.3) is 0 Å². The van der Waals surface area contributed by atoms with Crippen molar-refractivity contribution in [3.05, 3.63) is 218 Å². The lowest BCUT2D eigenvalue weighted by Gasteiger charge is -2.28. The summed E-state index contributed by atoms with van der Waals surface area (Å²) in [6.45, 7) is 0. The van der Waals surface area contributed by atoms with Crippen LogP contribution in [0.1, 0.15) is 0 Å². The molecular formula is C54H36N2. The van der Waals surface area contributed by atoms with Crippen LogP contribution in [0.4, 0.5) is 17.1 Å². The first kappa shape index (κ1) is 32.0. The summed E-state index contributed by atoms with van der Waals surface area (Å²) in [5, 5.41) is 9.88. The fraction of sp³-hybridized carbons (Fsp3) is 0. The molecule has 11 aromatic rings. The molecule has 0 saturated carbocycles. The zero-order chi connectivity index (χ0) is 37.0. The molecule has 0 aliphatic rings. The predicted molar refractivity (Wildman–Crippen MR) is 239 cm³/mol. The third-order valence-electron chi connectivity index (χ3n) is 11.3. The van der Waals surface area contributed by atoms with E-state index >= 15 is 0 Å². The summed E-state index contributed by atoms with van der Waals surface area (Å²) in [7, 11) is 0. The molecule has 0 radical (unpaired) electrons. The van der Waals surface area contributed by atoms with Crippen LogP contribution in [0.3, 0.4) is 0 Å². The number of benzene rings is 10. The Morgan fingerprint density at radius 1 is 0.321 bits per heavy atom. The second-order valence-electron chi connectivity index (χ2n) is 14.5. The molecule has 0 atom stereocenters. The van der Waals surface area contributed by atoms with Gasteiger partial charge in [-0.15, -0.1) is 0 Å². The molecular weight excluding hydrogens is 677 g/mol. The Kier molecular flexibility index (Phi) is 7.53. The number of para-hydroxylation sites is 2. The molecule has 262 valence electrons. The second kappa shape index (κ2) is 13.2. The number of rotatable bonds is 6. The van der Waals surface area contributed by atoms with Crippen molar-refractivity contribution in [2.45, 2.75) is 0 Å². The molecule has 0 spiro atoms. The summed E-state index contributed by atoms with van der Waals surface area (Å²) in [6.07, 6.45) is 0. The molecule has 0 unspecified atom stereocenters. The normalized spacial score (nSPS) is 11.6. The minimum atomic E-state index is 1.10. The Morgan fingerprint density at radius 3 is 1.66 bits per heavy atom. The summed E-state index contributed by atoms with van der Waals surface area (Å²) < 4.78 is 2.42. The standard InChI is InChI=1S/C54H36N2/c1-3-16-37(17-4-1)38-30-32-43(33-31-38)55(51-35-39-18-7-9-24-45(39)47-26-11-12-27-48(47)51)44-23-15-20-41(34-44)53-46-25-10-8-19-40(46)36-52-54(53)49-28-13-14-29-50(49)56(52)42-21-5-2-6-22-42/h1-36H. The summed E-state index contributed by atoms with van der Waals surface area (Å²) in [5.74, 6) is 0. The van der Waals surface area contributed by atoms with Gasteiger partial charge in [-0.3, -0.25) is 0 Å². The molecule has 0 fully saturated rings. The van der Waals surface area contributed by atoms with Gasteiger partial charge in [0.1, 0.15) is 0 Å². The van der Waals surface area contributed by atoms with Crippen molar-refractivity contribution in [2.75, 3.05) is 4.90 Å². The van der Waals surface area contributed by atoms with Crippen molar-refractivity contribution < 1.29 is 0 Å². The summed E-state index contributed by atoms with van der Waals surface area (Å²) in [6, 6.07) is 79.5. The van der Waals surface area contributed by atoms with E-state index in [2.05, 4.69) is 228 Å². The van der Waals surface area contributed by atoms with Gasteiger partial charge in [0, 0.05) is 33.2 Å². The molecule has 2 heteroatoms. The van der Waals surface area contributed by atoms with E-state index in [0.29, 0.717) is 0 Å². The highest BCUT2D eigenvalue weighted by atomic mass is 15.1. The van der Waals surface area contributed by atoms with E-state index in [1.165, 1.54) is 76.4 Å². The summed E-state index contributed by atoms with van der Waals surface area (Å²) in [4.78, 5) is 2.45. The molecule has 0 saturated heterocycles. The lowest BCUT2D eigenvalue weighted by Crippen LogP contribution is -2.11. The van der Waals surface area contributed by atoms with Crippen LogP contribution in [0.15, 0.2) is 218 Å². The van der Waals surface area contributed by atoms with Crippen molar-refractivity contribution in [3.8, 4) is 27.9 Å². The monoisotopic (exact) mass is 712 g/mol. The summed E-state index contributed by atoms with van der Waals surface area (Å²) >= 11 is 0. The van der Waals surface area contributed by atoms with Gasteiger partial charge in [-0.2, -0.15) is 0 Å². The van der Waals surface area contributed by atoms with Crippen molar-refractivity contribution in [1.82, 2.24) is 4.57 Å². The van der Waals surface area contributed by atoms with Crippen LogP contribution in [0, 0.1) is 0 Å². The van der Waals surface area contributed by atoms with Crippen molar-refractivity contribution in [1.29, 1.82) is 0 Å². The maximum Gasteiger partial charge on any atom is 0.0553 e. The first-order valence-electron chi connectivity index (χ1n) is 19.3. The molecule has 11 rings (SSSR count). The van der Waals surface area contributed by atoms with Crippen LogP contribution in [0.5, 0.6) is 0 Å². The minimum Gasteiger partial charge on any atom is -0.310 e. The number of anilines is 3. The first-order valence-corrected chi connectivity index (χ1v) is 19.3. The van der Waals surface area contributed by atoms with Gasteiger partial charge in [-0.1, -0.05) is 164 Å². The van der Waals surface area contributed by atoms with Crippen LogP contribution >= 0.6 is 0 Å². The average molecular weight is 713 g/mol. The van der Waals surface area contributed by atoms with E-state index in [1.807, 2.05) is 0 Å². The summed E-state index contributed by atoms with van der Waals surface area (Å²) in [5.41, 5.74) is 11.7. The molecule has 0 bridgehead atoms. The Labute approximate surface area is 325 Å². The van der Waals surface area contributed by atoms with Crippen LogP contribution in [-0.4, -0.2) is 4.57 Å². The van der Waals surface area contributed by atoms with Crippen molar-refractivity contribution in [2.24, 2.45) is 0 Å². The molecule has 0 aliphatic carbocycles. The maximum absolute atomic E-state index is 2.45. The number of aromatic nitrogens is 1. The molecule has 0 aliphatic heterocycles. The third kappa shape index (κ3) is 5.19. The number of hydrogen-bond acceptors (Lipinski definition) is 1. The van der Waals surface area contributed by atoms with Crippen molar-refractivity contribution in [3.63, 3.8) is 0 Å². The van der Waals surface area contributed by atoms with Gasteiger partial charge < -0.3 is 9.47 Å². The molecule has 56 heavy (non-hydrogen) atoms. The lowest BCUT2D eigenvalue weighted by molar-refractivity contribution is 1.18. The lowest BCUT2D eigenvalue weighted by atomic mass is 9.92. The van der Waals surface area contributed by atoms with Crippen LogP contribution < -0.4 is 4.90 Å². The molecule has 1 heterocycles. The average Bonchev–Trinajstić information content (AvgIpc) is 3.60. The van der Waals surface area contributed by atoms with Gasteiger partial charge in [0.15, 0.2) is 0 Å². The van der Waals surface area contributed by atoms with Crippen LogP contribution in [0.25, 0.3) is 82.1 Å². The Bertz CT molecular complexity index is 3230. The van der Waals surface area contributed by atoms with Gasteiger partial charge in [-0.25, -0.2) is 0 Å². The molecule has 1 aromatic heterocycles. The SMILES string of the molecule is c1ccc(-c2ccc(N(c3cccc(-c4c5ccccc5cc5c4c4ccccc4n5-c4ccccc4)c3)c3cc4ccccc4c4ccccc34)cc2)cc1. The molecule has 0 N–H and O–H groups in total. The van der Waals surface area contributed by atoms with Gasteiger partial charge in [-0.05, 0) is 104 Å². The van der Waals surface area contributed by atoms with E-state index in [1.54, 1.807) is 0 Å². The highest BCUT2D eigenvalue weighted by Crippen LogP contribution is 2.46. The fourth-order valence-corrected chi connectivity index (χ4v) is 8.83. The van der Waals surface area contributed by atoms with E-state index in [9.17, 15) is 0 Å². The number of fused-ring (bicyclic) bond motifs is 7. The molecule has 2 nitrogen and oxygen atoms in total. The quantitative estimate of drug-likeness (QED) is 0.156. The first-order chi connectivity index (χ1) is 27.8. The van der Waals surface area contributed by atoms with Crippen LogP contribution in [0.2, 0.25) is 0 Å². The smallest absolute Gasteiger partial charge is 0.0553 e. The second-order valence-corrected chi connectivity index (χ2v) is 14.5. The fourth-order valence-electron chi connectivity index (χ4n) is 8.83. The minimum absolute atomic E-state index is 1.10. The van der Waals surface area contributed by atoms with Crippen LogP contribution in [-0.2, 0) is 0 Å². The van der Waals surface area contributed by atoms with E-state index < -0.39 is 0 Å². The topological polar surface area (TPSA) is 8.17 Å². The number of nitrogens with zero attached hydrogens (tertiary/aromatic N) is 2. The van der Waals surface area contributed by atoms with Gasteiger partial charge in [0.05, 0.1) is 16.7 Å². The Morgan fingerprint density at radius 2 is 0.893 bits per heavy atom. The predicted octanol–water partition coefficient (Wildman–Crippen LogP) is 15.0. The highest BCUT2D eigenvalue weighted by molar-refractivity contribution is 6.23. The van der Waals surface area contributed by atoms with E-state index in [4.69, 9.17) is 0 Å². The molecule has 0 amide bonds. The Hall–Kier alpha value is -7.42. The van der Waals surface area contributed by atoms with Crippen molar-refractivity contribution >= 4 is 71.2 Å². The zero-order valence-corrected chi connectivity index (χ0v) is 30.7. The Balaban J connectivity index is 1.19. The third-order valence-corrected chi connectivity index (χ3v) is 11.3. The highest BCUT2D eigenvalue weighted by Gasteiger charge is 2.22. The van der Waals surface area contributed by atoms with Gasteiger partial charge in [0.2, 0.25) is 0 Å². The van der Waals surface area contributed by atoms with E-state index in [0.717, 1.165) is 22.7 Å². The van der Waals surface area contributed by atoms with E-state index in [-0.39, 0.29) is 0 Å². The van der Waals surface area contributed by atoms with Gasteiger partial charge >= 0.3 is 0 Å². The zero-order valence-electron chi connectivity index (χ0n) is 30.7. The maximum atomic E-state index is 2.45. The molecule has 10 aromatic carbocycles.